The molecule has 0 radical (unpaired) electrons. The molecule has 7 heteroatoms. The Labute approximate surface area is 122 Å². The normalized spacial score (nSPS) is 10.9. The number of carbonyl (C=O) groups is 2. The Hall–Kier alpha value is -2.44. The zero-order valence-electron chi connectivity index (χ0n) is 12.5. The molecule has 1 N–H and O–H groups in total. The topological polar surface area (TPSA) is 88.3 Å². The van der Waals surface area contributed by atoms with Crippen LogP contribution in [0.4, 0.5) is 0 Å². The Kier molecular flexibility index (Phi) is 3.93. The molecule has 7 nitrogen and oxygen atoms in total. The molecule has 0 aliphatic carbocycles. The van der Waals surface area contributed by atoms with Crippen LogP contribution in [0.2, 0.25) is 0 Å². The van der Waals surface area contributed by atoms with Gasteiger partial charge in [-0.3, -0.25) is 14.3 Å². The molecule has 0 atom stereocenters. The van der Waals surface area contributed by atoms with Crippen LogP contribution in [0, 0.1) is 13.8 Å². The fourth-order valence-electron chi connectivity index (χ4n) is 2.40. The number of carboxylic acids is 1. The molecule has 0 unspecified atom stereocenters. The van der Waals surface area contributed by atoms with Gasteiger partial charge in [-0.25, -0.2) is 4.98 Å². The highest BCUT2D eigenvalue weighted by molar-refractivity contribution is 6.07. The molecule has 0 fully saturated rings. The monoisotopic (exact) mass is 290 g/mol. The van der Waals surface area contributed by atoms with Crippen LogP contribution < -0.4 is 0 Å². The molecule has 0 aliphatic rings. The third-order valence-electron chi connectivity index (χ3n) is 3.32. The summed E-state index contributed by atoms with van der Waals surface area (Å²) in [5, 5.41) is 13.9. The Morgan fingerprint density at radius 3 is 2.62 bits per heavy atom. The minimum absolute atomic E-state index is 0.313. The van der Waals surface area contributed by atoms with Gasteiger partial charge in [0.2, 0.25) is 0 Å². The lowest BCUT2D eigenvalue weighted by molar-refractivity contribution is -0.137. The van der Waals surface area contributed by atoms with Gasteiger partial charge < -0.3 is 10.0 Å². The van der Waals surface area contributed by atoms with E-state index in [0.29, 0.717) is 34.5 Å². The molecule has 1 amide bonds. The molecule has 2 heterocycles. The van der Waals surface area contributed by atoms with Gasteiger partial charge in [-0.1, -0.05) is 0 Å². The first-order valence-electron chi connectivity index (χ1n) is 6.67. The van der Waals surface area contributed by atoms with Crippen molar-refractivity contribution < 1.29 is 14.7 Å². The molecule has 2 aromatic heterocycles. The van der Waals surface area contributed by atoms with E-state index in [4.69, 9.17) is 5.11 Å². The average Bonchev–Trinajstić information content (AvgIpc) is 2.69. The van der Waals surface area contributed by atoms with Crippen molar-refractivity contribution in [3.05, 3.63) is 23.0 Å². The Morgan fingerprint density at radius 1 is 1.38 bits per heavy atom. The second-order valence-corrected chi connectivity index (χ2v) is 4.93. The summed E-state index contributed by atoms with van der Waals surface area (Å²) in [6, 6.07) is 1.68. The molecule has 0 aliphatic heterocycles. The van der Waals surface area contributed by atoms with Crippen molar-refractivity contribution in [1.29, 1.82) is 0 Å². The standard InChI is InChI=1S/C14H18N4O3/c1-5-18(7-11(19)20)14(21)10-6-8(2)15-13-12(10)9(3)16-17(13)4/h6H,5,7H2,1-4H3,(H,19,20). The molecule has 0 aromatic carbocycles. The number of aliphatic carboxylic acids is 1. The number of rotatable bonds is 4. The van der Waals surface area contributed by atoms with Gasteiger partial charge in [0.15, 0.2) is 5.65 Å². The fourth-order valence-corrected chi connectivity index (χ4v) is 2.40. The van der Waals surface area contributed by atoms with Gasteiger partial charge in [-0.15, -0.1) is 0 Å². The number of pyridine rings is 1. The minimum atomic E-state index is -1.03. The average molecular weight is 290 g/mol. The molecule has 0 bridgehead atoms. The van der Waals surface area contributed by atoms with Gasteiger partial charge in [0.05, 0.1) is 16.6 Å². The van der Waals surface area contributed by atoms with Crippen LogP contribution >= 0.6 is 0 Å². The quantitative estimate of drug-likeness (QED) is 0.912. The molecule has 0 saturated heterocycles. The summed E-state index contributed by atoms with van der Waals surface area (Å²) in [6.07, 6.45) is 0. The molecule has 21 heavy (non-hydrogen) atoms. The second-order valence-electron chi connectivity index (χ2n) is 4.93. The van der Waals surface area contributed by atoms with E-state index in [0.717, 1.165) is 0 Å². The second kappa shape index (κ2) is 5.51. The number of hydrogen-bond acceptors (Lipinski definition) is 4. The summed E-state index contributed by atoms with van der Waals surface area (Å²) in [5.74, 6) is -1.35. The largest absolute Gasteiger partial charge is 0.480 e. The number of amides is 1. The van der Waals surface area contributed by atoms with Gasteiger partial charge in [-0.05, 0) is 26.8 Å². The number of carboxylic acid groups (broad SMARTS) is 1. The van der Waals surface area contributed by atoms with Crippen LogP contribution in [-0.4, -0.2) is 49.7 Å². The zero-order chi connectivity index (χ0) is 15.7. The van der Waals surface area contributed by atoms with Crippen LogP contribution in [0.5, 0.6) is 0 Å². The SMILES string of the molecule is CCN(CC(=O)O)C(=O)c1cc(C)nc2c1c(C)nn2C. The first-order chi connectivity index (χ1) is 9.85. The van der Waals surface area contributed by atoms with Crippen LogP contribution in [0.15, 0.2) is 6.07 Å². The number of nitrogens with zero attached hydrogens (tertiary/aromatic N) is 4. The van der Waals surface area contributed by atoms with Crippen LogP contribution in [0.1, 0.15) is 28.7 Å². The number of aromatic nitrogens is 3. The van der Waals surface area contributed by atoms with E-state index < -0.39 is 5.97 Å². The van der Waals surface area contributed by atoms with Crippen molar-refractivity contribution in [2.75, 3.05) is 13.1 Å². The van der Waals surface area contributed by atoms with Gasteiger partial charge in [0, 0.05) is 19.3 Å². The number of fused-ring (bicyclic) bond motifs is 1. The number of aryl methyl sites for hydroxylation is 3. The van der Waals surface area contributed by atoms with Crippen molar-refractivity contribution in [2.45, 2.75) is 20.8 Å². The van der Waals surface area contributed by atoms with Crippen molar-refractivity contribution >= 4 is 22.9 Å². The molecule has 2 aromatic rings. The third-order valence-corrected chi connectivity index (χ3v) is 3.32. The van der Waals surface area contributed by atoms with Crippen LogP contribution in [-0.2, 0) is 11.8 Å². The van der Waals surface area contributed by atoms with Gasteiger partial charge in [0.25, 0.3) is 5.91 Å². The van der Waals surface area contributed by atoms with Crippen molar-refractivity contribution in [2.24, 2.45) is 7.05 Å². The Bertz CT molecular complexity index is 721. The van der Waals surface area contributed by atoms with Crippen LogP contribution in [0.25, 0.3) is 11.0 Å². The summed E-state index contributed by atoms with van der Waals surface area (Å²) in [5.41, 5.74) is 2.48. The predicted octanol–water partition coefficient (Wildman–Crippen LogP) is 1.13. The van der Waals surface area contributed by atoms with E-state index in [-0.39, 0.29) is 12.5 Å². The molecule has 112 valence electrons. The third kappa shape index (κ3) is 2.72. The fraction of sp³-hybridized carbons (Fsp3) is 0.429. The number of hydrogen-bond donors (Lipinski definition) is 1. The predicted molar refractivity (Wildman–Crippen MR) is 77.2 cm³/mol. The van der Waals surface area contributed by atoms with E-state index >= 15 is 0 Å². The van der Waals surface area contributed by atoms with E-state index in [1.54, 1.807) is 31.6 Å². The first kappa shape index (κ1) is 15.0. The molecule has 0 spiro atoms. The number of carbonyl (C=O) groups excluding carboxylic acids is 1. The summed E-state index contributed by atoms with van der Waals surface area (Å²) >= 11 is 0. The highest BCUT2D eigenvalue weighted by atomic mass is 16.4. The first-order valence-corrected chi connectivity index (χ1v) is 6.67. The molecule has 0 saturated carbocycles. The van der Waals surface area contributed by atoms with E-state index in [1.165, 1.54) is 4.90 Å². The highest BCUT2D eigenvalue weighted by Gasteiger charge is 2.22. The maximum absolute atomic E-state index is 12.6. The zero-order valence-corrected chi connectivity index (χ0v) is 12.5. The summed E-state index contributed by atoms with van der Waals surface area (Å²) in [7, 11) is 1.77. The Morgan fingerprint density at radius 2 is 2.05 bits per heavy atom. The smallest absolute Gasteiger partial charge is 0.323 e. The Balaban J connectivity index is 2.59. The number of likely N-dealkylation sites (N-methyl/N-ethyl adjacent to an activating group) is 1. The van der Waals surface area contributed by atoms with E-state index in [2.05, 4.69) is 10.1 Å². The van der Waals surface area contributed by atoms with Gasteiger partial charge in [0.1, 0.15) is 6.54 Å². The van der Waals surface area contributed by atoms with Gasteiger partial charge >= 0.3 is 5.97 Å². The van der Waals surface area contributed by atoms with E-state index in [9.17, 15) is 9.59 Å². The van der Waals surface area contributed by atoms with Crippen molar-refractivity contribution in [3.8, 4) is 0 Å². The van der Waals surface area contributed by atoms with Crippen LogP contribution in [0.3, 0.4) is 0 Å². The minimum Gasteiger partial charge on any atom is -0.480 e. The molecular formula is C14H18N4O3. The van der Waals surface area contributed by atoms with Gasteiger partial charge in [-0.2, -0.15) is 5.10 Å². The lowest BCUT2D eigenvalue weighted by Crippen LogP contribution is -2.35. The maximum atomic E-state index is 12.6. The van der Waals surface area contributed by atoms with E-state index in [1.807, 2.05) is 6.92 Å². The highest BCUT2D eigenvalue weighted by Crippen LogP contribution is 2.22. The maximum Gasteiger partial charge on any atom is 0.323 e. The van der Waals surface area contributed by atoms with Crippen molar-refractivity contribution in [1.82, 2.24) is 19.7 Å². The lowest BCUT2D eigenvalue weighted by atomic mass is 10.1. The summed E-state index contributed by atoms with van der Waals surface area (Å²) < 4.78 is 1.63. The lowest BCUT2D eigenvalue weighted by Gasteiger charge is -2.19. The van der Waals surface area contributed by atoms with Crippen molar-refractivity contribution in [3.63, 3.8) is 0 Å². The molecular weight excluding hydrogens is 272 g/mol. The molecule has 2 rings (SSSR count). The summed E-state index contributed by atoms with van der Waals surface area (Å²) in [6.45, 7) is 5.36. The summed E-state index contributed by atoms with van der Waals surface area (Å²) in [4.78, 5) is 29.2.